The third-order valence-electron chi connectivity index (χ3n) is 2.60. The molecule has 0 N–H and O–H groups in total. The zero-order chi connectivity index (χ0) is 11.2. The van der Waals surface area contributed by atoms with E-state index in [1.807, 2.05) is 72.9 Å². The molecule has 0 heterocycles. The topological polar surface area (TPSA) is 17.1 Å². The highest BCUT2D eigenvalue weighted by Gasteiger charge is 2.19. The van der Waals surface area contributed by atoms with Gasteiger partial charge in [0.25, 0.3) is 0 Å². The lowest BCUT2D eigenvalue weighted by atomic mass is 9.91. The van der Waals surface area contributed by atoms with Gasteiger partial charge in [0.2, 0.25) is 0 Å². The van der Waals surface area contributed by atoms with Gasteiger partial charge in [-0.3, -0.25) is 4.79 Å². The molecule has 0 atom stereocenters. The fourth-order valence-corrected chi connectivity index (χ4v) is 1.72. The van der Waals surface area contributed by atoms with Crippen molar-refractivity contribution in [1.82, 2.24) is 0 Å². The van der Waals surface area contributed by atoms with E-state index >= 15 is 0 Å². The van der Waals surface area contributed by atoms with Gasteiger partial charge >= 0.3 is 0 Å². The number of ketones is 1. The van der Waals surface area contributed by atoms with Crippen molar-refractivity contribution in [2.24, 2.45) is 11.8 Å². The molecule has 80 valence electrons. The summed E-state index contributed by atoms with van der Waals surface area (Å²) < 4.78 is 0. The summed E-state index contributed by atoms with van der Waals surface area (Å²) in [5.74, 6) is -0.0211. The molecule has 2 rings (SSSR count). The molecule has 1 heteroatoms. The first-order valence-electron chi connectivity index (χ1n) is 5.45. The number of hydrogen-bond donors (Lipinski definition) is 0. The molecule has 1 nitrogen and oxygen atoms in total. The normalized spacial score (nSPS) is 20.0. The predicted octanol–water partition coefficient (Wildman–Crippen LogP) is 3.15. The van der Waals surface area contributed by atoms with Gasteiger partial charge in [0, 0.05) is 0 Å². The third kappa shape index (κ3) is 2.57. The van der Waals surface area contributed by atoms with E-state index in [1.165, 1.54) is 0 Å². The molecule has 16 heavy (non-hydrogen) atoms. The van der Waals surface area contributed by atoms with Crippen LogP contribution in [-0.2, 0) is 4.79 Å². The van der Waals surface area contributed by atoms with E-state index in [-0.39, 0.29) is 17.6 Å². The lowest BCUT2D eigenvalue weighted by Gasteiger charge is -2.10. The van der Waals surface area contributed by atoms with Crippen LogP contribution in [0.3, 0.4) is 0 Å². The summed E-state index contributed by atoms with van der Waals surface area (Å²) in [6.45, 7) is 0. The van der Waals surface area contributed by atoms with Gasteiger partial charge in [0.1, 0.15) is 0 Å². The second-order valence-corrected chi connectivity index (χ2v) is 3.76. The van der Waals surface area contributed by atoms with Gasteiger partial charge in [-0.05, 0) is 0 Å². The molecule has 0 amide bonds. The van der Waals surface area contributed by atoms with Crippen molar-refractivity contribution in [3.63, 3.8) is 0 Å². The Bertz CT molecular complexity index is 358. The smallest absolute Gasteiger partial charge is 0.154 e. The van der Waals surface area contributed by atoms with Gasteiger partial charge in [0.15, 0.2) is 5.78 Å². The van der Waals surface area contributed by atoms with Crippen molar-refractivity contribution >= 4 is 5.78 Å². The number of Topliss-reactive ketones (excluding diaryl/α,β-unsaturated/α-hetero) is 1. The lowest BCUT2D eigenvalue weighted by molar-refractivity contribution is -0.121. The molecule has 0 saturated carbocycles. The fraction of sp³-hybridized carbons (Fsp3) is 0.133. The molecule has 2 aliphatic rings. The minimum Gasteiger partial charge on any atom is -0.298 e. The molecular weight excluding hydrogens is 196 g/mol. The van der Waals surface area contributed by atoms with Crippen LogP contribution in [0.15, 0.2) is 72.9 Å². The van der Waals surface area contributed by atoms with Crippen LogP contribution < -0.4 is 0 Å². The molecule has 0 aliphatic heterocycles. The van der Waals surface area contributed by atoms with E-state index < -0.39 is 0 Å². The Kier molecular flexibility index (Phi) is 3.50. The van der Waals surface area contributed by atoms with Crippen LogP contribution in [0.5, 0.6) is 0 Å². The molecular formula is C15H14O. The average Bonchev–Trinajstić information content (AvgIpc) is 2.73. The Hall–Kier alpha value is -1.89. The maximum absolute atomic E-state index is 12.2. The fourth-order valence-electron chi connectivity index (χ4n) is 1.72. The second kappa shape index (κ2) is 5.26. The highest BCUT2D eigenvalue weighted by atomic mass is 16.1. The monoisotopic (exact) mass is 210 g/mol. The van der Waals surface area contributed by atoms with E-state index in [1.54, 1.807) is 0 Å². The van der Waals surface area contributed by atoms with E-state index in [0.29, 0.717) is 0 Å². The van der Waals surface area contributed by atoms with Gasteiger partial charge in [0.05, 0.1) is 11.8 Å². The van der Waals surface area contributed by atoms with Crippen LogP contribution in [-0.4, -0.2) is 5.78 Å². The van der Waals surface area contributed by atoms with E-state index in [0.717, 1.165) is 0 Å². The molecule has 0 spiro atoms. The van der Waals surface area contributed by atoms with Crippen molar-refractivity contribution in [3.05, 3.63) is 72.9 Å². The Morgan fingerprint density at radius 2 is 0.875 bits per heavy atom. The van der Waals surface area contributed by atoms with Gasteiger partial charge in [-0.2, -0.15) is 0 Å². The molecule has 0 aromatic rings. The summed E-state index contributed by atoms with van der Waals surface area (Å²) in [6.07, 6.45) is 23.2. The van der Waals surface area contributed by atoms with E-state index in [2.05, 4.69) is 0 Å². The van der Waals surface area contributed by atoms with Crippen LogP contribution in [0, 0.1) is 11.8 Å². The van der Waals surface area contributed by atoms with Crippen LogP contribution in [0.2, 0.25) is 0 Å². The summed E-state index contributed by atoms with van der Waals surface area (Å²) in [5, 5.41) is 0. The Balaban J connectivity index is 2.13. The number of hydrogen-bond acceptors (Lipinski definition) is 1. The first-order valence-corrected chi connectivity index (χ1v) is 5.45. The highest BCUT2D eigenvalue weighted by Crippen LogP contribution is 2.17. The van der Waals surface area contributed by atoms with Crippen LogP contribution >= 0.6 is 0 Å². The number of allylic oxidation sites excluding steroid dienone is 12. The largest absolute Gasteiger partial charge is 0.298 e. The molecule has 0 fully saturated rings. The summed E-state index contributed by atoms with van der Waals surface area (Å²) >= 11 is 0. The highest BCUT2D eigenvalue weighted by molar-refractivity contribution is 5.89. The molecule has 0 unspecified atom stereocenters. The summed E-state index contributed by atoms with van der Waals surface area (Å²) in [5.41, 5.74) is 0. The molecule has 0 aromatic heterocycles. The van der Waals surface area contributed by atoms with Crippen LogP contribution in [0.1, 0.15) is 0 Å². The van der Waals surface area contributed by atoms with Crippen LogP contribution in [0.25, 0.3) is 0 Å². The maximum atomic E-state index is 12.2. The quantitative estimate of drug-likeness (QED) is 0.684. The van der Waals surface area contributed by atoms with E-state index in [9.17, 15) is 4.79 Å². The zero-order valence-corrected chi connectivity index (χ0v) is 8.99. The number of carbonyl (C=O) groups is 1. The summed E-state index contributed by atoms with van der Waals surface area (Å²) in [4.78, 5) is 12.2. The van der Waals surface area contributed by atoms with Gasteiger partial charge < -0.3 is 0 Å². The first-order chi connectivity index (χ1) is 7.88. The Morgan fingerprint density at radius 1 is 0.562 bits per heavy atom. The predicted molar refractivity (Wildman–Crippen MR) is 66.8 cm³/mol. The van der Waals surface area contributed by atoms with Crippen molar-refractivity contribution in [2.45, 2.75) is 0 Å². The van der Waals surface area contributed by atoms with Crippen molar-refractivity contribution in [1.29, 1.82) is 0 Å². The Morgan fingerprint density at radius 3 is 1.19 bits per heavy atom. The van der Waals surface area contributed by atoms with Gasteiger partial charge in [-0.15, -0.1) is 0 Å². The Labute approximate surface area is 95.9 Å². The molecule has 0 aromatic carbocycles. The average molecular weight is 210 g/mol. The molecule has 0 saturated heterocycles. The second-order valence-electron chi connectivity index (χ2n) is 3.76. The molecule has 0 radical (unpaired) electrons. The third-order valence-corrected chi connectivity index (χ3v) is 2.60. The minimum absolute atomic E-state index is 0.118. The first kappa shape index (κ1) is 10.6. The standard InChI is InChI=1S/C15H14O/c16-15(13-9-5-1-2-6-10-13)14-11-7-3-4-8-12-14/h1-14H. The number of carbonyl (C=O) groups excluding carboxylic acids is 1. The van der Waals surface area contributed by atoms with Gasteiger partial charge in [-0.1, -0.05) is 72.9 Å². The van der Waals surface area contributed by atoms with Gasteiger partial charge in [-0.25, -0.2) is 0 Å². The lowest BCUT2D eigenvalue weighted by Crippen LogP contribution is -2.17. The minimum atomic E-state index is -0.118. The van der Waals surface area contributed by atoms with Crippen LogP contribution in [0.4, 0.5) is 0 Å². The number of rotatable bonds is 2. The maximum Gasteiger partial charge on any atom is 0.154 e. The van der Waals surface area contributed by atoms with E-state index in [4.69, 9.17) is 0 Å². The summed E-state index contributed by atoms with van der Waals surface area (Å²) in [7, 11) is 0. The summed E-state index contributed by atoms with van der Waals surface area (Å²) in [6, 6.07) is 0. The van der Waals surface area contributed by atoms with Crippen molar-refractivity contribution < 1.29 is 4.79 Å². The van der Waals surface area contributed by atoms with Crippen molar-refractivity contribution in [3.8, 4) is 0 Å². The zero-order valence-electron chi connectivity index (χ0n) is 8.99. The molecule has 2 aliphatic carbocycles. The SMILES string of the molecule is O=C(C1C=CC=CC=C1)C1C=CC=CC=C1. The molecule has 0 bridgehead atoms. The van der Waals surface area contributed by atoms with Crippen molar-refractivity contribution in [2.75, 3.05) is 0 Å².